The van der Waals surface area contributed by atoms with Crippen LogP contribution in [-0.4, -0.2) is 20.7 Å². The van der Waals surface area contributed by atoms with Crippen LogP contribution >= 0.6 is 11.3 Å². The monoisotopic (exact) mass is 476 g/mol. The van der Waals surface area contributed by atoms with Crippen molar-refractivity contribution in [2.45, 2.75) is 53.0 Å². The second kappa shape index (κ2) is 9.97. The predicted octanol–water partition coefficient (Wildman–Crippen LogP) is 4.98. The van der Waals surface area contributed by atoms with Crippen LogP contribution in [0.15, 0.2) is 46.6 Å². The van der Waals surface area contributed by atoms with E-state index in [9.17, 15) is 9.59 Å². The van der Waals surface area contributed by atoms with Gasteiger partial charge >= 0.3 is 0 Å². The molecule has 0 fully saturated rings. The molecule has 0 radical (unpaired) electrons. The minimum Gasteiger partial charge on any atom is -0.344 e. The van der Waals surface area contributed by atoms with Gasteiger partial charge in [0.15, 0.2) is 0 Å². The lowest BCUT2D eigenvalue weighted by atomic mass is 9.98. The lowest BCUT2D eigenvalue weighted by molar-refractivity contribution is -0.121. The van der Waals surface area contributed by atoms with Crippen molar-refractivity contribution in [1.29, 1.82) is 0 Å². The molecule has 3 aromatic heterocycles. The summed E-state index contributed by atoms with van der Waals surface area (Å²) in [6.45, 7) is 8.29. The van der Waals surface area contributed by atoms with Crippen LogP contribution in [-0.2, 0) is 24.7 Å². The lowest BCUT2D eigenvalue weighted by Gasteiger charge is -2.19. The van der Waals surface area contributed by atoms with E-state index < -0.39 is 0 Å². The minimum absolute atomic E-state index is 0.0773. The normalized spacial score (nSPS) is 12.4. The Morgan fingerprint density at radius 3 is 2.56 bits per heavy atom. The number of benzene rings is 1. The Morgan fingerprint density at radius 2 is 1.91 bits per heavy atom. The summed E-state index contributed by atoms with van der Waals surface area (Å²) in [5.41, 5.74) is 5.33. The highest BCUT2D eigenvalue weighted by molar-refractivity contribution is 7.10. The van der Waals surface area contributed by atoms with Crippen molar-refractivity contribution >= 4 is 28.3 Å². The first-order valence-corrected chi connectivity index (χ1v) is 12.6. The van der Waals surface area contributed by atoms with Crippen LogP contribution in [0.3, 0.4) is 0 Å². The Balaban J connectivity index is 1.52. The van der Waals surface area contributed by atoms with Crippen molar-refractivity contribution in [2.24, 2.45) is 13.0 Å². The zero-order valence-electron chi connectivity index (χ0n) is 20.4. The number of pyridine rings is 1. The fourth-order valence-electron chi connectivity index (χ4n) is 4.62. The highest BCUT2D eigenvalue weighted by Crippen LogP contribution is 2.27. The quantitative estimate of drug-likeness (QED) is 0.377. The highest BCUT2D eigenvalue weighted by atomic mass is 32.1. The van der Waals surface area contributed by atoms with Crippen LogP contribution in [0.25, 0.3) is 11.0 Å². The highest BCUT2D eigenvalue weighted by Gasteiger charge is 2.20. The summed E-state index contributed by atoms with van der Waals surface area (Å²) in [4.78, 5) is 29.8. The van der Waals surface area contributed by atoms with Gasteiger partial charge in [0, 0.05) is 29.3 Å². The number of aryl methyl sites for hydroxylation is 3. The van der Waals surface area contributed by atoms with Crippen LogP contribution in [0.2, 0.25) is 0 Å². The largest absolute Gasteiger partial charge is 0.344 e. The Hall–Kier alpha value is -3.19. The fraction of sp³-hybridized carbons (Fsp3) is 0.370. The van der Waals surface area contributed by atoms with Gasteiger partial charge in [0.25, 0.3) is 5.56 Å². The number of nitrogens with zero attached hydrogens (tertiary/aromatic N) is 2. The van der Waals surface area contributed by atoms with Crippen molar-refractivity contribution in [3.05, 3.63) is 85.0 Å². The fourth-order valence-corrected chi connectivity index (χ4v) is 5.42. The number of hydrogen-bond donors (Lipinski definition) is 2. The smallest absolute Gasteiger partial charge is 0.253 e. The predicted molar refractivity (Wildman–Crippen MR) is 138 cm³/mol. The van der Waals surface area contributed by atoms with Crippen molar-refractivity contribution in [2.75, 3.05) is 0 Å². The van der Waals surface area contributed by atoms with Gasteiger partial charge in [-0.25, -0.2) is 0 Å². The van der Waals surface area contributed by atoms with E-state index in [1.165, 1.54) is 5.56 Å². The Bertz CT molecular complexity index is 1350. The van der Waals surface area contributed by atoms with Crippen molar-refractivity contribution < 1.29 is 4.79 Å². The number of H-pyrrole nitrogens is 1. The number of thiophene rings is 1. The topological polar surface area (TPSA) is 79.8 Å². The number of hydrogen-bond acceptors (Lipinski definition) is 4. The Kier molecular flexibility index (Phi) is 7.03. The van der Waals surface area contributed by atoms with Crippen LogP contribution in [0.5, 0.6) is 0 Å². The van der Waals surface area contributed by atoms with Gasteiger partial charge in [-0.05, 0) is 60.7 Å². The maximum atomic E-state index is 13.0. The molecule has 0 spiro atoms. The van der Waals surface area contributed by atoms with Crippen LogP contribution < -0.4 is 10.9 Å². The van der Waals surface area contributed by atoms with E-state index in [1.807, 2.05) is 38.4 Å². The molecule has 0 saturated heterocycles. The molecule has 1 amide bonds. The molecular formula is C27H32N4O2S. The Labute approximate surface area is 204 Å². The van der Waals surface area contributed by atoms with Crippen molar-refractivity contribution in [3.63, 3.8) is 0 Å². The summed E-state index contributed by atoms with van der Waals surface area (Å²) in [7, 11) is 1.82. The first kappa shape index (κ1) is 24.0. The number of fused-ring (bicyclic) bond motifs is 1. The number of carbonyl (C=O) groups excluding carboxylic acids is 1. The summed E-state index contributed by atoms with van der Waals surface area (Å²) >= 11 is 1.63. The van der Waals surface area contributed by atoms with Crippen molar-refractivity contribution in [1.82, 2.24) is 20.1 Å². The van der Waals surface area contributed by atoms with Crippen LogP contribution in [0.1, 0.15) is 59.1 Å². The zero-order chi connectivity index (χ0) is 24.4. The molecule has 178 valence electrons. The van der Waals surface area contributed by atoms with E-state index >= 15 is 0 Å². The molecule has 4 aromatic rings. The molecule has 0 aliphatic rings. The molecular weight excluding hydrogens is 444 g/mol. The molecule has 0 aliphatic carbocycles. The van der Waals surface area contributed by atoms with Gasteiger partial charge < -0.3 is 10.3 Å². The molecule has 2 N–H and O–H groups in total. The van der Waals surface area contributed by atoms with E-state index in [1.54, 1.807) is 16.0 Å². The number of nitrogens with one attached hydrogen (secondary N) is 2. The molecule has 1 atom stereocenters. The van der Waals surface area contributed by atoms with Crippen LogP contribution in [0, 0.1) is 19.8 Å². The molecule has 4 rings (SSSR count). The molecule has 7 heteroatoms. The van der Waals surface area contributed by atoms with Gasteiger partial charge in [0.2, 0.25) is 5.91 Å². The number of carbonyl (C=O) groups is 1. The number of aromatic amines is 1. The summed E-state index contributed by atoms with van der Waals surface area (Å²) < 4.78 is 1.69. The first-order valence-electron chi connectivity index (χ1n) is 11.7. The van der Waals surface area contributed by atoms with Gasteiger partial charge in [0.05, 0.1) is 11.7 Å². The van der Waals surface area contributed by atoms with Gasteiger partial charge in [-0.3, -0.25) is 14.3 Å². The van der Waals surface area contributed by atoms with E-state index in [2.05, 4.69) is 53.5 Å². The summed E-state index contributed by atoms with van der Waals surface area (Å²) in [6.07, 6.45) is 1.65. The maximum Gasteiger partial charge on any atom is 0.253 e. The third-order valence-corrected chi connectivity index (χ3v) is 7.19. The molecule has 1 aromatic carbocycles. The van der Waals surface area contributed by atoms with E-state index in [0.717, 1.165) is 33.5 Å². The van der Waals surface area contributed by atoms with E-state index in [-0.39, 0.29) is 23.9 Å². The first-order chi connectivity index (χ1) is 16.2. The van der Waals surface area contributed by atoms with E-state index in [4.69, 9.17) is 0 Å². The van der Waals surface area contributed by atoms with Gasteiger partial charge in [-0.2, -0.15) is 5.10 Å². The second-order valence-electron chi connectivity index (χ2n) is 9.35. The zero-order valence-corrected chi connectivity index (χ0v) is 21.3. The number of aromatic nitrogens is 3. The second-order valence-corrected chi connectivity index (χ2v) is 10.3. The van der Waals surface area contributed by atoms with Crippen LogP contribution in [0.4, 0.5) is 0 Å². The number of rotatable bonds is 8. The average Bonchev–Trinajstić information content (AvgIpc) is 3.40. The molecule has 3 heterocycles. The molecule has 1 unspecified atom stereocenters. The molecule has 0 bridgehead atoms. The summed E-state index contributed by atoms with van der Waals surface area (Å²) in [5, 5.41) is 10.6. The maximum absolute atomic E-state index is 13.0. The minimum atomic E-state index is -0.206. The third-order valence-electron chi connectivity index (χ3n) is 6.25. The third kappa shape index (κ3) is 4.99. The van der Waals surface area contributed by atoms with E-state index in [0.29, 0.717) is 23.5 Å². The summed E-state index contributed by atoms with van der Waals surface area (Å²) in [5.74, 6) is 0.520. The Morgan fingerprint density at radius 1 is 1.18 bits per heavy atom. The number of amides is 1. The lowest BCUT2D eigenvalue weighted by Crippen LogP contribution is -2.29. The van der Waals surface area contributed by atoms with Crippen molar-refractivity contribution in [3.8, 4) is 0 Å². The molecule has 0 saturated carbocycles. The average molecular weight is 477 g/mol. The van der Waals surface area contributed by atoms with Gasteiger partial charge in [-0.1, -0.05) is 44.2 Å². The van der Waals surface area contributed by atoms with Gasteiger partial charge in [0.1, 0.15) is 5.65 Å². The SMILES string of the molecule is Cc1nn(C)c2[nH]c(=O)c(CCC(=O)NC(c3ccc(CC(C)C)cc3)c3cccs3)c(C)c12. The van der Waals surface area contributed by atoms with Gasteiger partial charge in [-0.15, -0.1) is 11.3 Å². The molecule has 0 aliphatic heterocycles. The molecule has 34 heavy (non-hydrogen) atoms. The summed E-state index contributed by atoms with van der Waals surface area (Å²) in [6, 6.07) is 12.4. The standard InChI is InChI=1S/C27H32N4O2S/c1-16(2)15-19-8-10-20(11-9-19)25(22-7-6-14-34-22)28-23(32)13-12-21-17(3)24-18(4)30-31(5)26(24)29-27(21)33/h6-11,14,16,25H,12-13,15H2,1-5H3,(H,28,32)(H,29,33). The molecule has 6 nitrogen and oxygen atoms in total.